The van der Waals surface area contributed by atoms with Gasteiger partial charge in [0.25, 0.3) is 0 Å². The summed E-state index contributed by atoms with van der Waals surface area (Å²) >= 11 is 1.23. The van der Waals surface area contributed by atoms with Crippen molar-refractivity contribution in [2.45, 2.75) is 32.7 Å². The molecule has 3 rings (SSSR count). The Hall–Kier alpha value is -2.17. The molecular weight excluding hydrogens is 398 g/mol. The van der Waals surface area contributed by atoms with Crippen molar-refractivity contribution in [3.05, 3.63) is 34.8 Å². The first kappa shape index (κ1) is 20.6. The zero-order valence-corrected chi connectivity index (χ0v) is 17.6. The minimum absolute atomic E-state index is 0.150. The monoisotopic (exact) mass is 423 g/mol. The summed E-state index contributed by atoms with van der Waals surface area (Å²) in [5.74, 6) is 0. The van der Waals surface area contributed by atoms with Gasteiger partial charge in [0.15, 0.2) is 5.13 Å². The second-order valence-electron chi connectivity index (χ2n) is 6.87. The summed E-state index contributed by atoms with van der Waals surface area (Å²) in [7, 11) is -3.27. The Labute approximate surface area is 169 Å². The van der Waals surface area contributed by atoms with Crippen LogP contribution in [0.25, 0.3) is 0 Å². The van der Waals surface area contributed by atoms with Crippen LogP contribution in [0.4, 0.5) is 21.3 Å². The van der Waals surface area contributed by atoms with Crippen molar-refractivity contribution in [2.24, 2.45) is 0 Å². The first-order chi connectivity index (χ1) is 13.3. The lowest BCUT2D eigenvalue weighted by molar-refractivity contribution is 0.262. The Morgan fingerprint density at radius 1 is 1.21 bits per heavy atom. The van der Waals surface area contributed by atoms with E-state index in [0.717, 1.165) is 49.1 Å². The Kier molecular flexibility index (Phi) is 6.53. The summed E-state index contributed by atoms with van der Waals surface area (Å²) in [6.45, 7) is 4.17. The first-order valence-corrected chi connectivity index (χ1v) is 11.8. The molecule has 0 saturated carbocycles. The highest BCUT2D eigenvalue weighted by atomic mass is 32.2. The number of carbonyl (C=O) groups excluding carboxylic acids is 1. The SMILES string of the molecule is Cc1ccc(NC(=O)Nc2ncc(CNS(C)(=O)=O)s2)c(N2CCCCC2)c1. The average molecular weight is 424 g/mol. The first-order valence-electron chi connectivity index (χ1n) is 9.13. The highest BCUT2D eigenvalue weighted by Crippen LogP contribution is 2.30. The van der Waals surface area contributed by atoms with Crippen LogP contribution in [0.15, 0.2) is 24.4 Å². The van der Waals surface area contributed by atoms with Gasteiger partial charge >= 0.3 is 6.03 Å². The molecule has 8 nitrogen and oxygen atoms in total. The molecule has 0 unspecified atom stereocenters. The Balaban J connectivity index is 1.64. The lowest BCUT2D eigenvalue weighted by Gasteiger charge is -2.30. The van der Waals surface area contributed by atoms with Gasteiger partial charge in [-0.2, -0.15) is 0 Å². The van der Waals surface area contributed by atoms with E-state index in [4.69, 9.17) is 0 Å². The minimum atomic E-state index is -3.27. The highest BCUT2D eigenvalue weighted by molar-refractivity contribution is 7.88. The number of nitrogens with one attached hydrogen (secondary N) is 3. The zero-order valence-electron chi connectivity index (χ0n) is 16.0. The van der Waals surface area contributed by atoms with Crippen molar-refractivity contribution >= 4 is 43.9 Å². The highest BCUT2D eigenvalue weighted by Gasteiger charge is 2.16. The van der Waals surface area contributed by atoms with E-state index in [1.807, 2.05) is 19.1 Å². The van der Waals surface area contributed by atoms with E-state index in [1.54, 1.807) is 6.20 Å². The minimum Gasteiger partial charge on any atom is -0.370 e. The van der Waals surface area contributed by atoms with Crippen molar-refractivity contribution < 1.29 is 13.2 Å². The molecule has 0 radical (unpaired) electrons. The number of sulfonamides is 1. The van der Waals surface area contributed by atoms with E-state index in [2.05, 4.69) is 31.3 Å². The second kappa shape index (κ2) is 8.89. The molecule has 1 aliphatic rings. The van der Waals surface area contributed by atoms with Gasteiger partial charge in [0, 0.05) is 30.7 Å². The fourth-order valence-electron chi connectivity index (χ4n) is 3.04. The zero-order chi connectivity index (χ0) is 20.1. The summed E-state index contributed by atoms with van der Waals surface area (Å²) in [5, 5.41) is 6.04. The van der Waals surface area contributed by atoms with Crippen molar-refractivity contribution in [1.29, 1.82) is 0 Å². The van der Waals surface area contributed by atoms with Gasteiger partial charge in [0.05, 0.1) is 17.6 Å². The standard InChI is InChI=1S/C18H25N5O3S2/c1-13-6-7-15(16(10-13)23-8-4-3-5-9-23)21-17(24)22-18-19-11-14(27-18)12-20-28(2,25)26/h6-7,10-11,20H,3-5,8-9,12H2,1-2H3,(H2,19,21,22,24). The molecule has 1 aromatic heterocycles. The lowest BCUT2D eigenvalue weighted by Crippen LogP contribution is -2.31. The summed E-state index contributed by atoms with van der Waals surface area (Å²) < 4.78 is 24.7. The Morgan fingerprint density at radius 2 is 1.96 bits per heavy atom. The topological polar surface area (TPSA) is 103 Å². The van der Waals surface area contributed by atoms with Crippen molar-refractivity contribution in [1.82, 2.24) is 9.71 Å². The molecule has 1 saturated heterocycles. The number of urea groups is 1. The average Bonchev–Trinajstić information content (AvgIpc) is 3.09. The summed E-state index contributed by atoms with van der Waals surface area (Å²) in [6.07, 6.45) is 6.20. The van der Waals surface area contributed by atoms with Gasteiger partial charge in [-0.1, -0.05) is 6.07 Å². The van der Waals surface area contributed by atoms with Crippen molar-refractivity contribution in [3.8, 4) is 0 Å². The predicted octanol–water partition coefficient (Wildman–Crippen LogP) is 3.14. The van der Waals surface area contributed by atoms with Crippen LogP contribution in [-0.2, 0) is 16.6 Å². The number of hydrogen-bond donors (Lipinski definition) is 3. The van der Waals surface area contributed by atoms with E-state index >= 15 is 0 Å². The van der Waals surface area contributed by atoms with Gasteiger partial charge < -0.3 is 10.2 Å². The van der Waals surface area contributed by atoms with Gasteiger partial charge in [-0.05, 0) is 43.9 Å². The smallest absolute Gasteiger partial charge is 0.325 e. The molecule has 0 spiro atoms. The summed E-state index contributed by atoms with van der Waals surface area (Å²) in [5.41, 5.74) is 2.95. The molecule has 1 aliphatic heterocycles. The maximum absolute atomic E-state index is 12.4. The van der Waals surface area contributed by atoms with Crippen LogP contribution in [0.5, 0.6) is 0 Å². The molecule has 10 heteroatoms. The molecular formula is C18H25N5O3S2. The number of amides is 2. The molecule has 152 valence electrons. The van der Waals surface area contributed by atoms with Crippen LogP contribution in [0.1, 0.15) is 29.7 Å². The normalized spacial score (nSPS) is 14.7. The van der Waals surface area contributed by atoms with Gasteiger partial charge in [-0.25, -0.2) is 22.9 Å². The number of nitrogens with zero attached hydrogens (tertiary/aromatic N) is 2. The number of anilines is 3. The van der Waals surface area contributed by atoms with Crippen molar-refractivity contribution in [2.75, 3.05) is 34.9 Å². The van der Waals surface area contributed by atoms with Gasteiger partial charge in [0.2, 0.25) is 10.0 Å². The predicted molar refractivity (Wildman–Crippen MR) is 114 cm³/mol. The molecule has 1 fully saturated rings. The third-order valence-electron chi connectivity index (χ3n) is 4.38. The van der Waals surface area contributed by atoms with E-state index in [9.17, 15) is 13.2 Å². The van der Waals surface area contributed by atoms with E-state index in [-0.39, 0.29) is 12.6 Å². The van der Waals surface area contributed by atoms with Crippen LogP contribution < -0.4 is 20.3 Å². The molecule has 0 atom stereocenters. The Morgan fingerprint density at radius 3 is 2.68 bits per heavy atom. The van der Waals surface area contributed by atoms with Crippen LogP contribution >= 0.6 is 11.3 Å². The molecule has 2 heterocycles. The largest absolute Gasteiger partial charge is 0.370 e. The fraction of sp³-hybridized carbons (Fsp3) is 0.444. The quantitative estimate of drug-likeness (QED) is 0.662. The molecule has 0 bridgehead atoms. The number of hydrogen-bond acceptors (Lipinski definition) is 6. The molecule has 3 N–H and O–H groups in total. The maximum atomic E-state index is 12.4. The van der Waals surface area contributed by atoms with Crippen LogP contribution in [-0.4, -0.2) is 38.8 Å². The van der Waals surface area contributed by atoms with Gasteiger partial charge in [-0.15, -0.1) is 11.3 Å². The number of aryl methyl sites for hydroxylation is 1. The molecule has 0 aliphatic carbocycles. The lowest BCUT2D eigenvalue weighted by atomic mass is 10.1. The third-order valence-corrected chi connectivity index (χ3v) is 5.96. The van der Waals surface area contributed by atoms with E-state index < -0.39 is 10.0 Å². The Bertz CT molecular complexity index is 936. The summed E-state index contributed by atoms with van der Waals surface area (Å²) in [4.78, 5) is 19.6. The summed E-state index contributed by atoms with van der Waals surface area (Å²) in [6, 6.07) is 5.61. The van der Waals surface area contributed by atoms with Gasteiger partial charge in [-0.3, -0.25) is 5.32 Å². The number of rotatable bonds is 6. The molecule has 28 heavy (non-hydrogen) atoms. The molecule has 1 aromatic carbocycles. The molecule has 2 amide bonds. The number of thiazole rings is 1. The van der Waals surface area contributed by atoms with Crippen LogP contribution in [0, 0.1) is 6.92 Å². The van der Waals surface area contributed by atoms with Crippen LogP contribution in [0.3, 0.4) is 0 Å². The van der Waals surface area contributed by atoms with Crippen molar-refractivity contribution in [3.63, 3.8) is 0 Å². The number of benzene rings is 1. The third kappa shape index (κ3) is 5.91. The van der Waals surface area contributed by atoms with Gasteiger partial charge in [0.1, 0.15) is 0 Å². The van der Waals surface area contributed by atoms with E-state index in [0.29, 0.717) is 10.0 Å². The number of piperidine rings is 1. The fourth-order valence-corrected chi connectivity index (χ4v) is 4.30. The molecule has 2 aromatic rings. The van der Waals surface area contributed by atoms with Crippen LogP contribution in [0.2, 0.25) is 0 Å². The number of carbonyl (C=O) groups is 1. The number of aromatic nitrogens is 1. The second-order valence-corrected chi connectivity index (χ2v) is 9.82. The maximum Gasteiger partial charge on any atom is 0.325 e. The van der Waals surface area contributed by atoms with E-state index in [1.165, 1.54) is 17.8 Å².